The number of likely N-dealkylation sites (N-methyl/N-ethyl adjacent to an activating group) is 1. The molecule has 0 radical (unpaired) electrons. The molecule has 0 saturated heterocycles. The van der Waals surface area contributed by atoms with Crippen LogP contribution in [0, 0.1) is 0 Å². The lowest BCUT2D eigenvalue weighted by molar-refractivity contribution is -0.123. The fourth-order valence-corrected chi connectivity index (χ4v) is 2.55. The van der Waals surface area contributed by atoms with Gasteiger partial charge in [-0.2, -0.15) is 0 Å². The Balaban J connectivity index is 2.14. The van der Waals surface area contributed by atoms with Gasteiger partial charge in [-0.1, -0.05) is 30.3 Å². The van der Waals surface area contributed by atoms with E-state index in [0.29, 0.717) is 22.6 Å². The van der Waals surface area contributed by atoms with E-state index in [-0.39, 0.29) is 18.1 Å². The molecule has 6 nitrogen and oxygen atoms in total. The first-order chi connectivity index (χ1) is 12.0. The summed E-state index contributed by atoms with van der Waals surface area (Å²) in [6, 6.07) is 12.8. The Morgan fingerprint density at radius 2 is 1.88 bits per heavy atom. The number of amides is 1. The Hall–Kier alpha value is -2.54. The van der Waals surface area contributed by atoms with Crippen LogP contribution in [0.3, 0.4) is 0 Å². The molecule has 0 aromatic heterocycles. The maximum absolute atomic E-state index is 12.1. The number of carbonyl (C=O) groups excluding carboxylic acids is 2. The van der Waals surface area contributed by atoms with Gasteiger partial charge in [-0.15, -0.1) is 0 Å². The van der Waals surface area contributed by atoms with Crippen LogP contribution in [-0.4, -0.2) is 32.6 Å². The summed E-state index contributed by atoms with van der Waals surface area (Å²) in [6.07, 6.45) is 0. The van der Waals surface area contributed by atoms with Gasteiger partial charge >= 0.3 is 5.97 Å². The molecule has 0 bridgehead atoms. The number of benzene rings is 2. The van der Waals surface area contributed by atoms with Crippen molar-refractivity contribution in [2.24, 2.45) is 0 Å². The van der Waals surface area contributed by atoms with E-state index in [9.17, 15) is 9.59 Å². The number of esters is 1. The molecule has 25 heavy (non-hydrogen) atoms. The van der Waals surface area contributed by atoms with Crippen molar-refractivity contribution >= 4 is 27.8 Å². The van der Waals surface area contributed by atoms with Gasteiger partial charge in [0.1, 0.15) is 6.61 Å². The summed E-state index contributed by atoms with van der Waals surface area (Å²) >= 11 is 3.38. The molecule has 1 amide bonds. The Morgan fingerprint density at radius 1 is 1.16 bits per heavy atom. The molecule has 0 spiro atoms. The number of ether oxygens (including phenoxy) is 3. The third-order valence-electron chi connectivity index (χ3n) is 3.30. The predicted molar refractivity (Wildman–Crippen MR) is 95.8 cm³/mol. The number of nitrogens with one attached hydrogen (secondary N) is 1. The Kier molecular flexibility index (Phi) is 6.82. The molecule has 7 heteroatoms. The summed E-state index contributed by atoms with van der Waals surface area (Å²) in [6.45, 7) is 0.0117. The molecule has 2 aromatic rings. The summed E-state index contributed by atoms with van der Waals surface area (Å²) in [7, 11) is 2.95. The van der Waals surface area contributed by atoms with Crippen molar-refractivity contribution in [1.29, 1.82) is 0 Å². The fourth-order valence-electron chi connectivity index (χ4n) is 1.99. The van der Waals surface area contributed by atoms with Crippen molar-refractivity contribution in [3.05, 3.63) is 58.1 Å². The first-order valence-electron chi connectivity index (χ1n) is 7.47. The number of halogens is 1. The van der Waals surface area contributed by atoms with Crippen molar-refractivity contribution in [3.63, 3.8) is 0 Å². The minimum Gasteiger partial charge on any atom is -0.493 e. The molecule has 0 aliphatic heterocycles. The van der Waals surface area contributed by atoms with Crippen molar-refractivity contribution in [2.45, 2.75) is 6.61 Å². The van der Waals surface area contributed by atoms with Gasteiger partial charge in [0.05, 0.1) is 17.1 Å². The summed E-state index contributed by atoms with van der Waals surface area (Å²) in [4.78, 5) is 23.2. The van der Waals surface area contributed by atoms with Crippen molar-refractivity contribution in [3.8, 4) is 11.5 Å². The molecular formula is C18H18BrNO5. The summed E-state index contributed by atoms with van der Waals surface area (Å²) in [5, 5.41) is 2.38. The highest BCUT2D eigenvalue weighted by Gasteiger charge is 2.17. The first-order valence-corrected chi connectivity index (χ1v) is 8.26. The number of carbonyl (C=O) groups is 2. The highest BCUT2D eigenvalue weighted by atomic mass is 79.9. The van der Waals surface area contributed by atoms with Crippen molar-refractivity contribution in [1.82, 2.24) is 5.32 Å². The zero-order valence-electron chi connectivity index (χ0n) is 13.9. The monoisotopic (exact) mass is 407 g/mol. The van der Waals surface area contributed by atoms with Crippen LogP contribution in [0.4, 0.5) is 0 Å². The van der Waals surface area contributed by atoms with Crippen LogP contribution in [0.15, 0.2) is 46.9 Å². The molecule has 0 fully saturated rings. The summed E-state index contributed by atoms with van der Waals surface area (Å²) < 4.78 is 16.6. The van der Waals surface area contributed by atoms with Crippen LogP contribution in [0.2, 0.25) is 0 Å². The first kappa shape index (κ1) is 18.8. The van der Waals surface area contributed by atoms with E-state index in [1.165, 1.54) is 20.2 Å². The molecular weight excluding hydrogens is 390 g/mol. The average Bonchev–Trinajstić information content (AvgIpc) is 2.64. The molecule has 0 aliphatic carbocycles. The minimum atomic E-state index is -0.628. The molecule has 2 rings (SSSR count). The van der Waals surface area contributed by atoms with E-state index in [1.54, 1.807) is 6.07 Å². The van der Waals surface area contributed by atoms with Gasteiger partial charge in [0.25, 0.3) is 5.91 Å². The zero-order valence-corrected chi connectivity index (χ0v) is 15.5. The van der Waals surface area contributed by atoms with E-state index in [2.05, 4.69) is 21.2 Å². The lowest BCUT2D eigenvalue weighted by atomic mass is 10.2. The largest absolute Gasteiger partial charge is 0.493 e. The van der Waals surface area contributed by atoms with Crippen LogP contribution in [-0.2, 0) is 16.1 Å². The van der Waals surface area contributed by atoms with Gasteiger partial charge in [-0.05, 0) is 33.6 Å². The van der Waals surface area contributed by atoms with Gasteiger partial charge in [0.2, 0.25) is 0 Å². The quantitative estimate of drug-likeness (QED) is 0.714. The van der Waals surface area contributed by atoms with Crippen LogP contribution in [0.5, 0.6) is 11.5 Å². The van der Waals surface area contributed by atoms with E-state index < -0.39 is 5.97 Å². The van der Waals surface area contributed by atoms with E-state index in [4.69, 9.17) is 14.2 Å². The molecule has 1 N–H and O–H groups in total. The fraction of sp³-hybridized carbons (Fsp3) is 0.222. The van der Waals surface area contributed by atoms with E-state index >= 15 is 0 Å². The van der Waals surface area contributed by atoms with Gasteiger partial charge in [-0.25, -0.2) is 4.79 Å². The highest BCUT2D eigenvalue weighted by Crippen LogP contribution is 2.37. The molecule has 0 atom stereocenters. The van der Waals surface area contributed by atoms with E-state index in [1.807, 2.05) is 30.3 Å². The SMILES string of the molecule is CNC(=O)COC(=O)c1cc(Br)c(OCc2ccccc2)c(OC)c1. The molecule has 0 heterocycles. The number of hydrogen-bond donors (Lipinski definition) is 1. The van der Waals surface area contributed by atoms with Crippen LogP contribution < -0.4 is 14.8 Å². The smallest absolute Gasteiger partial charge is 0.338 e. The Bertz CT molecular complexity index is 749. The van der Waals surface area contributed by atoms with Crippen LogP contribution >= 0.6 is 15.9 Å². The molecule has 0 aliphatic rings. The zero-order chi connectivity index (χ0) is 18.2. The standard InChI is InChI=1S/C18H18BrNO5/c1-20-16(21)11-25-18(22)13-8-14(19)17(15(9-13)23-2)24-10-12-6-4-3-5-7-12/h3-9H,10-11H2,1-2H3,(H,20,21). The second kappa shape index (κ2) is 9.08. The van der Waals surface area contributed by atoms with Crippen LogP contribution in [0.25, 0.3) is 0 Å². The molecule has 132 valence electrons. The van der Waals surface area contributed by atoms with Gasteiger partial charge in [0.15, 0.2) is 18.1 Å². The highest BCUT2D eigenvalue weighted by molar-refractivity contribution is 9.10. The van der Waals surface area contributed by atoms with Crippen molar-refractivity contribution < 1.29 is 23.8 Å². The maximum Gasteiger partial charge on any atom is 0.338 e. The lowest BCUT2D eigenvalue weighted by Crippen LogP contribution is -2.25. The van der Waals surface area contributed by atoms with Crippen molar-refractivity contribution in [2.75, 3.05) is 20.8 Å². The summed E-state index contributed by atoms with van der Waals surface area (Å²) in [5.41, 5.74) is 1.25. The second-order valence-corrected chi connectivity index (χ2v) is 5.87. The van der Waals surface area contributed by atoms with E-state index in [0.717, 1.165) is 5.56 Å². The Labute approximate surface area is 154 Å². The minimum absolute atomic E-state index is 0.250. The average molecular weight is 408 g/mol. The number of hydrogen-bond acceptors (Lipinski definition) is 5. The number of rotatable bonds is 7. The van der Waals surface area contributed by atoms with Gasteiger partial charge in [-0.3, -0.25) is 4.79 Å². The third-order valence-corrected chi connectivity index (χ3v) is 3.89. The third kappa shape index (κ3) is 5.22. The maximum atomic E-state index is 12.1. The summed E-state index contributed by atoms with van der Waals surface area (Å²) in [5.74, 6) is -0.147. The van der Waals surface area contributed by atoms with Crippen LogP contribution in [0.1, 0.15) is 15.9 Å². The predicted octanol–water partition coefficient (Wildman–Crippen LogP) is 2.94. The topological polar surface area (TPSA) is 73.9 Å². The second-order valence-electron chi connectivity index (χ2n) is 5.01. The van der Waals surface area contributed by atoms with Gasteiger partial charge < -0.3 is 19.5 Å². The number of methoxy groups -OCH3 is 1. The molecule has 2 aromatic carbocycles. The normalized spacial score (nSPS) is 10.0. The lowest BCUT2D eigenvalue weighted by Gasteiger charge is -2.14. The molecule has 0 unspecified atom stereocenters. The Morgan fingerprint density at radius 3 is 2.52 bits per heavy atom. The van der Waals surface area contributed by atoms with Gasteiger partial charge in [0, 0.05) is 7.05 Å². The molecule has 0 saturated carbocycles.